The average Bonchev–Trinajstić information content (AvgIpc) is 3.59. The molecule has 0 bridgehead atoms. The van der Waals surface area contributed by atoms with Gasteiger partial charge in [0.05, 0.1) is 35.6 Å². The number of methoxy groups -OCH3 is 1. The number of β-amino-alcohol motifs (C(OH)–C–C–N with tert-alkyl or cyclic N) is 1. The van der Waals surface area contributed by atoms with Crippen molar-refractivity contribution >= 4 is 50.5 Å². The number of hydrogen-bond acceptors (Lipinski definition) is 6. The van der Waals surface area contributed by atoms with E-state index in [9.17, 15) is 50.2 Å². The minimum Gasteiger partial charge on any atom is -0.496 e. The molecule has 5 rings (SSSR count). The van der Waals surface area contributed by atoms with Gasteiger partial charge in [0.1, 0.15) is 16.4 Å². The van der Waals surface area contributed by atoms with Crippen molar-refractivity contribution in [3.8, 4) is 5.75 Å². The Hall–Kier alpha value is -4.70. The van der Waals surface area contributed by atoms with Crippen LogP contribution in [0.25, 0.3) is 10.1 Å². The maximum Gasteiger partial charge on any atom is 0.419 e. The number of hydrogen-bond donors (Lipinski definition) is 3. The van der Waals surface area contributed by atoms with E-state index in [2.05, 4.69) is 10.6 Å². The summed E-state index contributed by atoms with van der Waals surface area (Å²) in [4.78, 5) is 41.0. The van der Waals surface area contributed by atoms with Gasteiger partial charge in [0.25, 0.3) is 17.7 Å². The summed E-state index contributed by atoms with van der Waals surface area (Å²) in [7, 11) is 1.25. The number of nitrogens with zero attached hydrogens (tertiary/aromatic N) is 1. The smallest absolute Gasteiger partial charge is 0.419 e. The molecule has 1 aliphatic rings. The van der Waals surface area contributed by atoms with Gasteiger partial charge >= 0.3 is 12.4 Å². The summed E-state index contributed by atoms with van der Waals surface area (Å²) < 4.78 is 99.1. The molecule has 1 atom stereocenters. The summed E-state index contributed by atoms with van der Waals surface area (Å²) in [6, 6.07) is 8.17. The van der Waals surface area contributed by atoms with E-state index >= 15 is 0 Å². The average molecular weight is 670 g/mol. The van der Waals surface area contributed by atoms with Gasteiger partial charge in [-0.25, -0.2) is 4.39 Å². The number of nitrogens with one attached hydrogen (secondary N) is 2. The van der Waals surface area contributed by atoms with Crippen LogP contribution in [0.2, 0.25) is 0 Å². The molecule has 3 aromatic carbocycles. The van der Waals surface area contributed by atoms with Gasteiger partial charge in [-0.1, -0.05) is 6.07 Å². The summed E-state index contributed by atoms with van der Waals surface area (Å²) in [6.45, 7) is 0.371. The normalized spacial score (nSPS) is 15.2. The van der Waals surface area contributed by atoms with Crippen molar-refractivity contribution in [2.45, 2.75) is 24.9 Å². The number of halogens is 7. The zero-order valence-electron chi connectivity index (χ0n) is 23.5. The van der Waals surface area contributed by atoms with E-state index in [1.54, 1.807) is 0 Å². The number of aliphatic hydroxyl groups excluding tert-OH is 1. The van der Waals surface area contributed by atoms with E-state index in [1.807, 2.05) is 0 Å². The molecule has 0 radical (unpaired) electrons. The lowest BCUT2D eigenvalue weighted by Gasteiger charge is -2.17. The Morgan fingerprint density at radius 1 is 0.935 bits per heavy atom. The van der Waals surface area contributed by atoms with Crippen molar-refractivity contribution in [2.75, 3.05) is 30.8 Å². The molecular weight excluding hydrogens is 647 g/mol. The van der Waals surface area contributed by atoms with Crippen molar-refractivity contribution in [3.05, 3.63) is 87.5 Å². The van der Waals surface area contributed by atoms with Crippen LogP contribution in [0.4, 0.5) is 42.1 Å². The minimum atomic E-state index is -5.08. The fraction of sp³-hybridized carbons (Fsp3) is 0.233. The Bertz CT molecular complexity index is 1860. The summed E-state index contributed by atoms with van der Waals surface area (Å²) in [5, 5.41) is 14.5. The highest BCUT2D eigenvalue weighted by molar-refractivity contribution is 7.21. The van der Waals surface area contributed by atoms with Gasteiger partial charge in [0.2, 0.25) is 0 Å². The topological polar surface area (TPSA) is 108 Å². The molecule has 1 aliphatic heterocycles. The standard InChI is InChI=1S/C30H22F7N3O5S/c1-45-22-7-2-14(28(44)40-9-8-17(41)13-40)10-19(22)26(42)39-24-18-5-3-15(29(32,33)34)11-23(18)46-25(24)27(43)38-16-4-6-21(31)20(12-16)30(35,36)37/h2-7,10-12,17,41H,8-9,13H2,1H3,(H,38,43)(H,39,42)/t17-/m1/s1. The maximum atomic E-state index is 13.8. The van der Waals surface area contributed by atoms with Crippen LogP contribution in [0.15, 0.2) is 54.6 Å². The predicted octanol–water partition coefficient (Wildman–Crippen LogP) is 6.80. The Morgan fingerprint density at radius 3 is 2.30 bits per heavy atom. The van der Waals surface area contributed by atoms with Crippen molar-refractivity contribution in [1.29, 1.82) is 0 Å². The number of alkyl halides is 6. The van der Waals surface area contributed by atoms with Crippen LogP contribution in [0, 0.1) is 5.82 Å². The molecule has 4 aromatic rings. The molecule has 1 aromatic heterocycles. The third kappa shape index (κ3) is 6.62. The highest BCUT2D eigenvalue weighted by Crippen LogP contribution is 2.41. The molecule has 8 nitrogen and oxygen atoms in total. The Morgan fingerprint density at radius 2 is 1.67 bits per heavy atom. The number of fused-ring (bicyclic) bond motifs is 1. The van der Waals surface area contributed by atoms with Crippen LogP contribution in [0.3, 0.4) is 0 Å². The van der Waals surface area contributed by atoms with Crippen LogP contribution in [-0.4, -0.2) is 54.0 Å². The number of thiophene rings is 1. The molecule has 0 unspecified atom stereocenters. The summed E-state index contributed by atoms with van der Waals surface area (Å²) in [5.74, 6) is -4.09. The second-order valence-corrected chi connectivity index (χ2v) is 11.3. The molecule has 3 N–H and O–H groups in total. The summed E-state index contributed by atoms with van der Waals surface area (Å²) in [5.41, 5.74) is -3.56. The molecule has 46 heavy (non-hydrogen) atoms. The monoisotopic (exact) mass is 669 g/mol. The highest BCUT2D eigenvalue weighted by atomic mass is 32.1. The number of carbonyl (C=O) groups is 3. The Balaban J connectivity index is 1.54. The lowest BCUT2D eigenvalue weighted by Crippen LogP contribution is -2.29. The fourth-order valence-corrected chi connectivity index (χ4v) is 5.97. The van der Waals surface area contributed by atoms with Crippen molar-refractivity contribution < 1.29 is 55.0 Å². The van der Waals surface area contributed by atoms with Gasteiger partial charge in [-0.2, -0.15) is 26.3 Å². The van der Waals surface area contributed by atoms with E-state index in [-0.39, 0.29) is 50.6 Å². The van der Waals surface area contributed by atoms with Gasteiger partial charge in [-0.3, -0.25) is 14.4 Å². The number of aliphatic hydroxyl groups is 1. The molecule has 0 aliphatic carbocycles. The van der Waals surface area contributed by atoms with E-state index in [4.69, 9.17) is 4.74 Å². The Labute approximate surface area is 259 Å². The third-order valence-electron chi connectivity index (χ3n) is 7.13. The maximum absolute atomic E-state index is 13.8. The molecule has 2 heterocycles. The number of likely N-dealkylation sites (tertiary alicyclic amines) is 1. The minimum absolute atomic E-state index is 0.00355. The molecule has 0 saturated carbocycles. The zero-order chi connectivity index (χ0) is 33.6. The third-order valence-corrected chi connectivity index (χ3v) is 8.28. The van der Waals surface area contributed by atoms with Crippen molar-refractivity contribution in [1.82, 2.24) is 4.90 Å². The van der Waals surface area contributed by atoms with Crippen molar-refractivity contribution in [3.63, 3.8) is 0 Å². The first kappa shape index (κ1) is 32.7. The molecule has 16 heteroatoms. The quantitative estimate of drug-likeness (QED) is 0.196. The number of rotatable bonds is 6. The lowest BCUT2D eigenvalue weighted by atomic mass is 10.1. The van der Waals surface area contributed by atoms with Crippen molar-refractivity contribution in [2.24, 2.45) is 0 Å². The van der Waals surface area contributed by atoms with Crippen LogP contribution in [0.1, 0.15) is 47.9 Å². The first-order valence-corrected chi connectivity index (χ1v) is 14.2. The van der Waals surface area contributed by atoms with Crippen LogP contribution >= 0.6 is 11.3 Å². The van der Waals surface area contributed by atoms with E-state index in [0.29, 0.717) is 29.9 Å². The molecular formula is C30H22F7N3O5S. The highest BCUT2D eigenvalue weighted by Gasteiger charge is 2.35. The number of amides is 3. The number of anilines is 2. The van der Waals surface area contributed by atoms with Gasteiger partial charge < -0.3 is 25.4 Å². The summed E-state index contributed by atoms with van der Waals surface area (Å²) >= 11 is 0.528. The zero-order valence-corrected chi connectivity index (χ0v) is 24.3. The molecule has 3 amide bonds. The number of carbonyl (C=O) groups excluding carboxylic acids is 3. The molecule has 242 valence electrons. The SMILES string of the molecule is COc1ccc(C(=O)N2CC[C@@H](O)C2)cc1C(=O)Nc1c(C(=O)Nc2ccc(F)c(C(F)(F)F)c2)sc2cc(C(F)(F)F)ccc12. The molecule has 1 fully saturated rings. The second-order valence-electron chi connectivity index (χ2n) is 10.2. The van der Waals surface area contributed by atoms with Crippen LogP contribution in [-0.2, 0) is 12.4 Å². The van der Waals surface area contributed by atoms with E-state index < -0.39 is 58.8 Å². The van der Waals surface area contributed by atoms with Gasteiger partial charge in [0, 0.05) is 34.4 Å². The number of benzene rings is 3. The largest absolute Gasteiger partial charge is 0.496 e. The second kappa shape index (κ2) is 12.2. The van der Waals surface area contributed by atoms with E-state index in [0.717, 1.165) is 24.3 Å². The van der Waals surface area contributed by atoms with Gasteiger partial charge in [-0.15, -0.1) is 11.3 Å². The summed E-state index contributed by atoms with van der Waals surface area (Å²) in [6.07, 6.45) is -10.2. The van der Waals surface area contributed by atoms with Gasteiger partial charge in [-0.05, 0) is 55.0 Å². The molecule has 1 saturated heterocycles. The first-order valence-electron chi connectivity index (χ1n) is 13.4. The van der Waals surface area contributed by atoms with Crippen LogP contribution < -0.4 is 15.4 Å². The fourth-order valence-electron chi connectivity index (χ4n) is 4.87. The lowest BCUT2D eigenvalue weighted by molar-refractivity contribution is -0.140. The predicted molar refractivity (Wildman–Crippen MR) is 154 cm³/mol. The first-order chi connectivity index (χ1) is 21.6. The van der Waals surface area contributed by atoms with Crippen LogP contribution in [0.5, 0.6) is 5.75 Å². The number of ether oxygens (including phenoxy) is 1. The van der Waals surface area contributed by atoms with Gasteiger partial charge in [0.15, 0.2) is 0 Å². The Kier molecular flexibility index (Phi) is 8.70. The molecule has 0 spiro atoms. The van der Waals surface area contributed by atoms with E-state index in [1.165, 1.54) is 30.2 Å².